The lowest BCUT2D eigenvalue weighted by Gasteiger charge is -2.42. The molecule has 0 atom stereocenters. The Morgan fingerprint density at radius 1 is 0.783 bits per heavy atom. The van der Waals surface area contributed by atoms with Crippen LogP contribution in [-0.2, 0) is 0 Å². The zero-order valence-corrected chi connectivity index (χ0v) is 16.0. The summed E-state index contributed by atoms with van der Waals surface area (Å²) >= 11 is 0. The molecular weight excluding hydrogens is 284 g/mol. The first kappa shape index (κ1) is 17.9. The van der Waals surface area contributed by atoms with Crippen molar-refractivity contribution in [2.75, 3.05) is 0 Å². The van der Waals surface area contributed by atoms with Crippen molar-refractivity contribution in [2.45, 2.75) is 68.2 Å². The van der Waals surface area contributed by atoms with Gasteiger partial charge in [-0.3, -0.25) is 0 Å². The molecule has 2 nitrogen and oxygen atoms in total. The van der Waals surface area contributed by atoms with E-state index < -0.39 is 0 Å². The molecule has 0 unspecified atom stereocenters. The molecule has 0 aliphatic heterocycles. The zero-order chi connectivity index (χ0) is 17.8. The minimum Gasteiger partial charge on any atom is -0.511 e. The summed E-state index contributed by atoms with van der Waals surface area (Å²) in [6.45, 7) is 16.9. The van der Waals surface area contributed by atoms with Gasteiger partial charge in [-0.2, -0.15) is 0 Å². The van der Waals surface area contributed by atoms with Crippen LogP contribution >= 0.6 is 0 Å². The van der Waals surface area contributed by atoms with Crippen LogP contribution in [0.15, 0.2) is 46.0 Å². The Balaban J connectivity index is 2.49. The molecule has 0 bridgehead atoms. The topological polar surface area (TPSA) is 40.5 Å². The van der Waals surface area contributed by atoms with E-state index >= 15 is 0 Å². The molecule has 128 valence electrons. The fraction of sp³-hybridized carbons (Fsp3) is 0.619. The predicted molar refractivity (Wildman–Crippen MR) is 97.4 cm³/mol. The van der Waals surface area contributed by atoms with Crippen molar-refractivity contribution in [3.05, 3.63) is 46.0 Å². The summed E-state index contributed by atoms with van der Waals surface area (Å²) < 4.78 is 0. The van der Waals surface area contributed by atoms with Gasteiger partial charge < -0.3 is 10.2 Å². The van der Waals surface area contributed by atoms with Crippen molar-refractivity contribution in [1.29, 1.82) is 0 Å². The average Bonchev–Trinajstić information content (AvgIpc) is 2.40. The van der Waals surface area contributed by atoms with Crippen molar-refractivity contribution in [3.8, 4) is 0 Å². The number of rotatable bonds is 2. The molecule has 0 aromatic heterocycles. The van der Waals surface area contributed by atoms with Crippen molar-refractivity contribution in [2.24, 2.45) is 16.2 Å². The highest BCUT2D eigenvalue weighted by Gasteiger charge is 2.40. The Hall–Kier alpha value is -1.44. The number of aliphatic hydroxyl groups excluding tert-OH is 2. The first-order chi connectivity index (χ1) is 10.3. The monoisotopic (exact) mass is 316 g/mol. The van der Waals surface area contributed by atoms with Gasteiger partial charge in [0.1, 0.15) is 11.5 Å². The molecular formula is C21H32O2. The molecule has 2 heteroatoms. The van der Waals surface area contributed by atoms with Crippen LogP contribution in [0.1, 0.15) is 68.2 Å². The van der Waals surface area contributed by atoms with Crippen LogP contribution in [0.2, 0.25) is 0 Å². The average molecular weight is 316 g/mol. The number of hydrogen-bond acceptors (Lipinski definition) is 2. The van der Waals surface area contributed by atoms with Gasteiger partial charge in [0.2, 0.25) is 0 Å². The molecule has 2 aliphatic carbocycles. The van der Waals surface area contributed by atoms with E-state index in [9.17, 15) is 10.2 Å². The summed E-state index contributed by atoms with van der Waals surface area (Å²) in [5.41, 5.74) is 4.12. The highest BCUT2D eigenvalue weighted by atomic mass is 16.3. The van der Waals surface area contributed by atoms with Gasteiger partial charge in [-0.25, -0.2) is 0 Å². The number of aliphatic hydroxyl groups is 2. The van der Waals surface area contributed by atoms with Gasteiger partial charge in [0.25, 0.3) is 0 Å². The normalized spacial score (nSPS) is 24.5. The first-order valence-electron chi connectivity index (χ1n) is 8.52. The second kappa shape index (κ2) is 5.29. The van der Waals surface area contributed by atoms with Crippen molar-refractivity contribution in [3.63, 3.8) is 0 Å². The van der Waals surface area contributed by atoms with Crippen LogP contribution in [0, 0.1) is 16.2 Å². The molecule has 23 heavy (non-hydrogen) atoms. The van der Waals surface area contributed by atoms with Crippen molar-refractivity contribution < 1.29 is 10.2 Å². The van der Waals surface area contributed by atoms with E-state index in [0.717, 1.165) is 24.0 Å². The first-order valence-corrected chi connectivity index (χ1v) is 8.52. The van der Waals surface area contributed by atoms with Gasteiger partial charge in [0.05, 0.1) is 0 Å². The van der Waals surface area contributed by atoms with E-state index in [-0.39, 0.29) is 16.2 Å². The summed E-state index contributed by atoms with van der Waals surface area (Å²) in [5.74, 6) is 1.01. The lowest BCUT2D eigenvalue weighted by molar-refractivity contribution is 0.224. The molecule has 2 aliphatic rings. The van der Waals surface area contributed by atoms with Gasteiger partial charge in [0.15, 0.2) is 0 Å². The molecule has 0 amide bonds. The summed E-state index contributed by atoms with van der Waals surface area (Å²) in [6.07, 6.45) is 6.02. The van der Waals surface area contributed by atoms with Crippen LogP contribution in [0.25, 0.3) is 0 Å². The maximum absolute atomic E-state index is 10.3. The van der Waals surface area contributed by atoms with Crippen LogP contribution in [-0.4, -0.2) is 10.2 Å². The summed E-state index contributed by atoms with van der Waals surface area (Å²) in [5, 5.41) is 20.7. The van der Waals surface area contributed by atoms with E-state index in [0.29, 0.717) is 11.5 Å². The molecule has 0 radical (unpaired) electrons. The van der Waals surface area contributed by atoms with Crippen LogP contribution in [0.4, 0.5) is 0 Å². The van der Waals surface area contributed by atoms with E-state index in [4.69, 9.17) is 0 Å². The Morgan fingerprint density at radius 3 is 1.35 bits per heavy atom. The van der Waals surface area contributed by atoms with Gasteiger partial charge in [0, 0.05) is 16.2 Å². The molecule has 0 heterocycles. The smallest absolute Gasteiger partial charge is 0.101 e. The fourth-order valence-electron chi connectivity index (χ4n) is 3.96. The molecule has 2 rings (SSSR count). The second-order valence-corrected chi connectivity index (χ2v) is 9.15. The second-order valence-electron chi connectivity index (χ2n) is 9.15. The van der Waals surface area contributed by atoms with Gasteiger partial charge in [-0.05, 0) is 37.8 Å². The summed E-state index contributed by atoms with van der Waals surface area (Å²) in [4.78, 5) is 0. The standard InChI is InChI=1S/C21H32O2/c1-13-9-15(11-19(3,4)17(13)22)21(7,8)16-10-14(2)18(23)20(5,6)12-16/h9-10,22-23H,11-12H2,1-8H3. The Labute approximate surface area is 141 Å². The maximum atomic E-state index is 10.3. The minimum absolute atomic E-state index is 0.0849. The van der Waals surface area contributed by atoms with E-state index in [2.05, 4.69) is 53.7 Å². The highest BCUT2D eigenvalue weighted by molar-refractivity contribution is 5.44. The molecule has 0 saturated carbocycles. The lowest BCUT2D eigenvalue weighted by atomic mass is 9.63. The van der Waals surface area contributed by atoms with Crippen molar-refractivity contribution in [1.82, 2.24) is 0 Å². The predicted octanol–water partition coefficient (Wildman–Crippen LogP) is 6.39. The SMILES string of the molecule is CC1=C(O)C(C)(C)CC(C(C)(C)C2=CC(C)=C(O)C(C)(C)C2)=C1. The van der Waals surface area contributed by atoms with Gasteiger partial charge in [-0.15, -0.1) is 0 Å². The molecule has 0 aromatic rings. The fourth-order valence-corrected chi connectivity index (χ4v) is 3.96. The van der Waals surface area contributed by atoms with E-state index in [1.807, 2.05) is 13.8 Å². The van der Waals surface area contributed by atoms with E-state index in [1.165, 1.54) is 11.1 Å². The minimum atomic E-state index is -0.219. The zero-order valence-electron chi connectivity index (χ0n) is 16.0. The Bertz CT molecular complexity index is 593. The lowest BCUT2D eigenvalue weighted by Crippen LogP contribution is -2.31. The Kier molecular flexibility index (Phi) is 4.12. The largest absolute Gasteiger partial charge is 0.511 e. The van der Waals surface area contributed by atoms with E-state index in [1.54, 1.807) is 0 Å². The maximum Gasteiger partial charge on any atom is 0.101 e. The molecule has 0 spiro atoms. The van der Waals surface area contributed by atoms with Crippen LogP contribution in [0.5, 0.6) is 0 Å². The molecule has 2 N–H and O–H groups in total. The molecule has 0 aromatic carbocycles. The van der Waals surface area contributed by atoms with Crippen LogP contribution < -0.4 is 0 Å². The molecule has 0 saturated heterocycles. The van der Waals surface area contributed by atoms with Crippen LogP contribution in [0.3, 0.4) is 0 Å². The van der Waals surface area contributed by atoms with Gasteiger partial charge >= 0.3 is 0 Å². The summed E-state index contributed by atoms with van der Waals surface area (Å²) in [7, 11) is 0. The van der Waals surface area contributed by atoms with Gasteiger partial charge in [-0.1, -0.05) is 64.8 Å². The van der Waals surface area contributed by atoms with Crippen molar-refractivity contribution >= 4 is 0 Å². The third kappa shape index (κ3) is 3.00. The third-order valence-electron chi connectivity index (χ3n) is 5.68. The molecule has 0 fully saturated rings. The Morgan fingerprint density at radius 2 is 1.09 bits per heavy atom. The summed E-state index contributed by atoms with van der Waals surface area (Å²) in [6, 6.07) is 0. The number of hydrogen-bond donors (Lipinski definition) is 2. The highest BCUT2D eigenvalue weighted by Crippen LogP contribution is 2.51. The third-order valence-corrected chi connectivity index (χ3v) is 5.68. The number of allylic oxidation sites excluding steroid dienone is 8. The quantitative estimate of drug-likeness (QED) is 0.619.